The molecule has 0 aliphatic rings. The number of aryl methyl sites for hydroxylation is 2. The van der Waals surface area contributed by atoms with E-state index >= 15 is 0 Å². The maximum absolute atomic E-state index is 12.4. The van der Waals surface area contributed by atoms with Crippen molar-refractivity contribution in [2.45, 2.75) is 45.1 Å². The average Bonchev–Trinajstić information content (AvgIpc) is 2.38. The van der Waals surface area contributed by atoms with Crippen molar-refractivity contribution in [3.05, 3.63) is 23.3 Å². The number of benzene rings is 1. The first-order valence-electron chi connectivity index (χ1n) is 7.22. The van der Waals surface area contributed by atoms with Gasteiger partial charge in [0.15, 0.2) is 0 Å². The number of sulfonamides is 1. The third-order valence-electron chi connectivity index (χ3n) is 3.74. The fourth-order valence-corrected chi connectivity index (χ4v) is 3.53. The molecule has 1 aromatic rings. The van der Waals surface area contributed by atoms with Crippen LogP contribution in [-0.2, 0) is 10.0 Å². The topological polar surface area (TPSA) is 75.4 Å². The van der Waals surface area contributed by atoms with Crippen molar-refractivity contribution in [3.8, 4) is 0 Å². The van der Waals surface area contributed by atoms with E-state index in [1.807, 2.05) is 20.0 Å². The molecule has 1 aromatic carbocycles. The predicted octanol–water partition coefficient (Wildman–Crippen LogP) is 1.89. The quantitative estimate of drug-likeness (QED) is 0.595. The number of hydrogen-bond acceptors (Lipinski definition) is 4. The van der Waals surface area contributed by atoms with Crippen LogP contribution in [0.4, 0.5) is 5.69 Å². The molecule has 0 aliphatic heterocycles. The van der Waals surface area contributed by atoms with Gasteiger partial charge in [0.05, 0.1) is 5.69 Å². The first-order chi connectivity index (χ1) is 9.66. The second-order valence-corrected chi connectivity index (χ2v) is 7.47. The number of anilines is 1. The van der Waals surface area contributed by atoms with Crippen molar-refractivity contribution in [1.82, 2.24) is 9.62 Å². The van der Waals surface area contributed by atoms with Crippen molar-refractivity contribution in [3.63, 3.8) is 0 Å². The minimum Gasteiger partial charge on any atom is -0.397 e. The normalized spacial score (nSPS) is 12.3. The van der Waals surface area contributed by atoms with E-state index in [9.17, 15) is 8.42 Å². The van der Waals surface area contributed by atoms with Gasteiger partial charge in [-0.1, -0.05) is 12.1 Å². The van der Waals surface area contributed by atoms with Gasteiger partial charge < -0.3 is 10.6 Å². The van der Waals surface area contributed by atoms with Gasteiger partial charge >= 0.3 is 0 Å². The Morgan fingerprint density at radius 3 is 2.38 bits per heavy atom. The first-order valence-corrected chi connectivity index (χ1v) is 8.70. The zero-order valence-electron chi connectivity index (χ0n) is 13.6. The van der Waals surface area contributed by atoms with Gasteiger partial charge in [-0.3, -0.25) is 0 Å². The van der Waals surface area contributed by atoms with E-state index in [-0.39, 0.29) is 4.90 Å². The van der Waals surface area contributed by atoms with Gasteiger partial charge in [-0.25, -0.2) is 13.1 Å². The van der Waals surface area contributed by atoms with Crippen molar-refractivity contribution in [2.24, 2.45) is 0 Å². The summed E-state index contributed by atoms with van der Waals surface area (Å²) in [5, 5.41) is 0. The number of nitrogens with two attached hydrogens (primary N) is 1. The fourth-order valence-electron chi connectivity index (χ4n) is 2.03. The van der Waals surface area contributed by atoms with Crippen LogP contribution in [-0.4, -0.2) is 39.5 Å². The van der Waals surface area contributed by atoms with E-state index in [0.29, 0.717) is 23.8 Å². The van der Waals surface area contributed by atoms with Crippen LogP contribution >= 0.6 is 0 Å². The highest BCUT2D eigenvalue weighted by Gasteiger charge is 2.20. The molecule has 0 spiro atoms. The lowest BCUT2D eigenvalue weighted by atomic mass is 10.1. The Labute approximate surface area is 128 Å². The van der Waals surface area contributed by atoms with Gasteiger partial charge in [-0.15, -0.1) is 0 Å². The molecule has 21 heavy (non-hydrogen) atoms. The monoisotopic (exact) mass is 313 g/mol. The highest BCUT2D eigenvalue weighted by atomic mass is 32.2. The summed E-state index contributed by atoms with van der Waals surface area (Å²) in [6, 6.07) is 4.07. The molecular formula is C15H27N3O2S. The summed E-state index contributed by atoms with van der Waals surface area (Å²) in [5.41, 5.74) is 7.72. The molecule has 3 N–H and O–H groups in total. The highest BCUT2D eigenvalue weighted by molar-refractivity contribution is 7.89. The summed E-state index contributed by atoms with van der Waals surface area (Å²) < 4.78 is 27.4. The minimum absolute atomic E-state index is 0.208. The van der Waals surface area contributed by atoms with Crippen LogP contribution in [0.1, 0.15) is 31.4 Å². The molecule has 0 heterocycles. The van der Waals surface area contributed by atoms with Crippen LogP contribution in [0.3, 0.4) is 0 Å². The third-order valence-corrected chi connectivity index (χ3v) is 5.40. The Bertz CT molecular complexity index is 583. The lowest BCUT2D eigenvalue weighted by Crippen LogP contribution is -2.32. The molecule has 5 nitrogen and oxygen atoms in total. The summed E-state index contributed by atoms with van der Waals surface area (Å²) >= 11 is 0. The molecule has 1 rings (SSSR count). The van der Waals surface area contributed by atoms with E-state index in [1.165, 1.54) is 0 Å². The van der Waals surface area contributed by atoms with Gasteiger partial charge in [0.25, 0.3) is 0 Å². The van der Waals surface area contributed by atoms with Crippen LogP contribution in [0.15, 0.2) is 17.0 Å². The molecule has 0 saturated carbocycles. The van der Waals surface area contributed by atoms with Crippen LogP contribution < -0.4 is 10.5 Å². The fraction of sp³-hybridized carbons (Fsp3) is 0.600. The van der Waals surface area contributed by atoms with Crippen molar-refractivity contribution in [2.75, 3.05) is 25.9 Å². The molecular weight excluding hydrogens is 286 g/mol. The molecule has 0 fully saturated rings. The van der Waals surface area contributed by atoms with E-state index in [1.54, 1.807) is 13.0 Å². The second-order valence-electron chi connectivity index (χ2n) is 5.77. The van der Waals surface area contributed by atoms with E-state index in [0.717, 1.165) is 18.5 Å². The van der Waals surface area contributed by atoms with Crippen molar-refractivity contribution < 1.29 is 8.42 Å². The average molecular weight is 313 g/mol. The molecule has 0 aliphatic carbocycles. The number of nitrogen functional groups attached to an aromatic ring is 1. The molecule has 0 aromatic heterocycles. The number of nitrogens with one attached hydrogen (secondary N) is 1. The highest BCUT2D eigenvalue weighted by Crippen LogP contribution is 2.25. The van der Waals surface area contributed by atoms with E-state index in [2.05, 4.69) is 23.5 Å². The SMILES string of the molecule is Cc1ccc(C)c(S(=O)(=O)NCCCN(C)C(C)C)c1N. The third kappa shape index (κ3) is 4.69. The first kappa shape index (κ1) is 17.9. The van der Waals surface area contributed by atoms with Crippen LogP contribution in [0.25, 0.3) is 0 Å². The number of hydrogen-bond donors (Lipinski definition) is 2. The zero-order valence-corrected chi connectivity index (χ0v) is 14.4. The van der Waals surface area contributed by atoms with Gasteiger partial charge in [-0.2, -0.15) is 0 Å². The second kappa shape index (κ2) is 7.24. The standard InChI is InChI=1S/C15H27N3O2S/c1-11(2)18(5)10-6-9-17-21(19,20)15-13(4)8-7-12(3)14(15)16/h7-8,11,17H,6,9-10,16H2,1-5H3. The Morgan fingerprint density at radius 1 is 1.24 bits per heavy atom. The molecule has 6 heteroatoms. The minimum atomic E-state index is -3.56. The Kier molecular flexibility index (Phi) is 6.19. The Balaban J connectivity index is 2.73. The van der Waals surface area contributed by atoms with Crippen molar-refractivity contribution in [1.29, 1.82) is 0 Å². The summed E-state index contributed by atoms with van der Waals surface area (Å²) in [5.74, 6) is 0. The van der Waals surface area contributed by atoms with Crippen LogP contribution in [0.2, 0.25) is 0 Å². The maximum Gasteiger partial charge on any atom is 0.242 e. The predicted molar refractivity (Wildman–Crippen MR) is 87.9 cm³/mol. The largest absolute Gasteiger partial charge is 0.397 e. The van der Waals surface area contributed by atoms with Gasteiger partial charge in [0.2, 0.25) is 10.0 Å². The molecule has 0 radical (unpaired) electrons. The lowest BCUT2D eigenvalue weighted by Gasteiger charge is -2.21. The molecule has 0 amide bonds. The summed E-state index contributed by atoms with van der Waals surface area (Å²) in [4.78, 5) is 2.39. The molecule has 120 valence electrons. The summed E-state index contributed by atoms with van der Waals surface area (Å²) in [6.07, 6.45) is 0.763. The number of nitrogens with zero attached hydrogens (tertiary/aromatic N) is 1. The van der Waals surface area contributed by atoms with E-state index < -0.39 is 10.0 Å². The van der Waals surface area contributed by atoms with E-state index in [4.69, 9.17) is 5.73 Å². The Hall–Kier alpha value is -1.11. The Morgan fingerprint density at radius 2 is 1.81 bits per heavy atom. The molecule has 0 atom stereocenters. The van der Waals surface area contributed by atoms with Crippen LogP contribution in [0, 0.1) is 13.8 Å². The molecule has 0 saturated heterocycles. The van der Waals surface area contributed by atoms with Gasteiger partial charge in [0, 0.05) is 12.6 Å². The van der Waals surface area contributed by atoms with Crippen LogP contribution in [0.5, 0.6) is 0 Å². The summed E-state index contributed by atoms with van der Waals surface area (Å²) in [6.45, 7) is 9.05. The number of rotatable bonds is 7. The maximum atomic E-state index is 12.4. The van der Waals surface area contributed by atoms with Gasteiger partial charge in [-0.05, 0) is 58.8 Å². The summed E-state index contributed by atoms with van der Waals surface area (Å²) in [7, 11) is -1.53. The molecule has 0 bridgehead atoms. The smallest absolute Gasteiger partial charge is 0.242 e. The van der Waals surface area contributed by atoms with Gasteiger partial charge in [0.1, 0.15) is 4.90 Å². The van der Waals surface area contributed by atoms with Crippen molar-refractivity contribution >= 4 is 15.7 Å². The zero-order chi connectivity index (χ0) is 16.2. The lowest BCUT2D eigenvalue weighted by molar-refractivity contribution is 0.271. The molecule has 0 unspecified atom stereocenters.